The first kappa shape index (κ1) is 15.1. The van der Waals surface area contributed by atoms with Gasteiger partial charge in [-0.3, -0.25) is 0 Å². The van der Waals surface area contributed by atoms with Crippen LogP contribution in [0.1, 0.15) is 65.7 Å². The van der Waals surface area contributed by atoms with Gasteiger partial charge < -0.3 is 10.2 Å². The first-order valence-corrected chi connectivity index (χ1v) is 8.43. The predicted molar refractivity (Wildman–Crippen MR) is 86.4 cm³/mol. The van der Waals surface area contributed by atoms with Crippen LogP contribution in [0, 0.1) is 11.3 Å². The molecule has 0 radical (unpaired) electrons. The van der Waals surface area contributed by atoms with Crippen LogP contribution in [0.3, 0.4) is 0 Å². The van der Waals surface area contributed by atoms with Crippen molar-refractivity contribution in [3.05, 3.63) is 0 Å². The molecule has 0 spiro atoms. The van der Waals surface area contributed by atoms with Gasteiger partial charge in [-0.05, 0) is 49.2 Å². The van der Waals surface area contributed by atoms with Gasteiger partial charge in [0.15, 0.2) is 5.11 Å². The molecule has 0 aromatic carbocycles. The molecule has 0 unspecified atom stereocenters. The third kappa shape index (κ3) is 4.34. The Morgan fingerprint density at radius 1 is 1.00 bits per heavy atom. The van der Waals surface area contributed by atoms with Gasteiger partial charge in [0, 0.05) is 19.1 Å². The SMILES string of the molecule is CC(C)(C)C1CCN(C(=S)NC2CCCCC2)CC1. The number of nitrogens with zero attached hydrogens (tertiary/aromatic N) is 1. The monoisotopic (exact) mass is 282 g/mol. The molecule has 2 nitrogen and oxygen atoms in total. The second-order valence-electron chi connectivity index (χ2n) is 7.41. The zero-order valence-corrected chi connectivity index (χ0v) is 13.7. The van der Waals surface area contributed by atoms with E-state index in [9.17, 15) is 0 Å². The van der Waals surface area contributed by atoms with Crippen LogP contribution in [0.15, 0.2) is 0 Å². The molecular formula is C16H30N2S. The molecule has 1 heterocycles. The molecule has 3 heteroatoms. The fourth-order valence-corrected chi connectivity index (χ4v) is 3.81. The van der Waals surface area contributed by atoms with E-state index in [4.69, 9.17) is 12.2 Å². The minimum Gasteiger partial charge on any atom is -0.360 e. The number of rotatable bonds is 1. The Balaban J connectivity index is 1.76. The van der Waals surface area contributed by atoms with Gasteiger partial charge in [0.05, 0.1) is 0 Å². The lowest BCUT2D eigenvalue weighted by Gasteiger charge is -2.40. The third-order valence-electron chi connectivity index (χ3n) is 4.94. The molecule has 110 valence electrons. The number of hydrogen-bond acceptors (Lipinski definition) is 1. The van der Waals surface area contributed by atoms with Gasteiger partial charge >= 0.3 is 0 Å². The van der Waals surface area contributed by atoms with Crippen molar-refractivity contribution >= 4 is 17.3 Å². The van der Waals surface area contributed by atoms with Crippen molar-refractivity contribution in [3.8, 4) is 0 Å². The highest BCUT2D eigenvalue weighted by molar-refractivity contribution is 7.80. The van der Waals surface area contributed by atoms with Crippen molar-refractivity contribution < 1.29 is 0 Å². The summed E-state index contributed by atoms with van der Waals surface area (Å²) in [6.45, 7) is 9.38. The Morgan fingerprint density at radius 3 is 2.11 bits per heavy atom. The Labute approximate surface area is 124 Å². The van der Waals surface area contributed by atoms with Crippen molar-refractivity contribution in [2.45, 2.75) is 71.8 Å². The first-order chi connectivity index (χ1) is 8.97. The van der Waals surface area contributed by atoms with Gasteiger partial charge in [0.25, 0.3) is 0 Å². The van der Waals surface area contributed by atoms with E-state index in [1.165, 1.54) is 44.9 Å². The topological polar surface area (TPSA) is 15.3 Å². The number of piperidine rings is 1. The Hall–Kier alpha value is -0.310. The average Bonchev–Trinajstić information content (AvgIpc) is 2.39. The Kier molecular flexibility index (Phi) is 5.10. The van der Waals surface area contributed by atoms with E-state index in [-0.39, 0.29) is 0 Å². The molecule has 2 aliphatic rings. The van der Waals surface area contributed by atoms with Gasteiger partial charge in [-0.2, -0.15) is 0 Å². The molecule has 1 saturated carbocycles. The second kappa shape index (κ2) is 6.43. The highest BCUT2D eigenvalue weighted by Crippen LogP contribution is 2.34. The van der Waals surface area contributed by atoms with E-state index in [1.807, 2.05) is 0 Å². The van der Waals surface area contributed by atoms with Crippen LogP contribution in [-0.4, -0.2) is 29.1 Å². The molecule has 2 fully saturated rings. The fraction of sp³-hybridized carbons (Fsp3) is 0.938. The standard InChI is InChI=1S/C16H30N2S/c1-16(2,3)13-9-11-18(12-10-13)15(19)17-14-7-5-4-6-8-14/h13-14H,4-12H2,1-3H3,(H,17,19). The molecule has 0 aromatic heterocycles. The number of nitrogens with one attached hydrogen (secondary N) is 1. The lowest BCUT2D eigenvalue weighted by atomic mass is 9.75. The molecule has 0 bridgehead atoms. The maximum atomic E-state index is 5.60. The van der Waals surface area contributed by atoms with Crippen LogP contribution in [-0.2, 0) is 0 Å². The van der Waals surface area contributed by atoms with Crippen LogP contribution in [0.2, 0.25) is 0 Å². The van der Waals surface area contributed by atoms with Gasteiger partial charge in [0.1, 0.15) is 0 Å². The number of hydrogen-bond donors (Lipinski definition) is 1. The number of thiocarbonyl (C=S) groups is 1. The molecule has 1 aliphatic carbocycles. The van der Waals surface area contributed by atoms with Crippen molar-refractivity contribution in [1.29, 1.82) is 0 Å². The van der Waals surface area contributed by atoms with Crippen LogP contribution in [0.5, 0.6) is 0 Å². The molecule has 1 N–H and O–H groups in total. The lowest BCUT2D eigenvalue weighted by Crippen LogP contribution is -2.49. The molecule has 1 saturated heterocycles. The summed E-state index contributed by atoms with van der Waals surface area (Å²) in [6, 6.07) is 0.640. The molecule has 0 atom stereocenters. The van der Waals surface area contributed by atoms with Gasteiger partial charge in [0.2, 0.25) is 0 Å². The number of likely N-dealkylation sites (tertiary alicyclic amines) is 1. The van der Waals surface area contributed by atoms with Gasteiger partial charge in [-0.1, -0.05) is 40.0 Å². The molecule has 2 rings (SSSR count). The van der Waals surface area contributed by atoms with Crippen molar-refractivity contribution in [3.63, 3.8) is 0 Å². The molecule has 0 amide bonds. The van der Waals surface area contributed by atoms with Gasteiger partial charge in [-0.15, -0.1) is 0 Å². The normalized spacial score (nSPS) is 23.4. The van der Waals surface area contributed by atoms with E-state index in [1.54, 1.807) is 0 Å². The zero-order chi connectivity index (χ0) is 13.9. The average molecular weight is 282 g/mol. The minimum absolute atomic E-state index is 0.449. The van der Waals surface area contributed by atoms with E-state index < -0.39 is 0 Å². The van der Waals surface area contributed by atoms with E-state index in [0.29, 0.717) is 11.5 Å². The molecule has 19 heavy (non-hydrogen) atoms. The minimum atomic E-state index is 0.449. The van der Waals surface area contributed by atoms with E-state index in [2.05, 4.69) is 31.0 Å². The first-order valence-electron chi connectivity index (χ1n) is 8.02. The maximum absolute atomic E-state index is 5.60. The Morgan fingerprint density at radius 2 is 1.58 bits per heavy atom. The summed E-state index contributed by atoms with van der Waals surface area (Å²) in [5.41, 5.74) is 0.449. The van der Waals surface area contributed by atoms with Crippen LogP contribution in [0.4, 0.5) is 0 Å². The van der Waals surface area contributed by atoms with Crippen LogP contribution in [0.25, 0.3) is 0 Å². The van der Waals surface area contributed by atoms with E-state index in [0.717, 1.165) is 24.1 Å². The summed E-state index contributed by atoms with van der Waals surface area (Å²) >= 11 is 5.60. The summed E-state index contributed by atoms with van der Waals surface area (Å²) < 4.78 is 0. The van der Waals surface area contributed by atoms with Crippen molar-refractivity contribution in [2.75, 3.05) is 13.1 Å². The van der Waals surface area contributed by atoms with Crippen molar-refractivity contribution in [2.24, 2.45) is 11.3 Å². The molecule has 0 aromatic rings. The summed E-state index contributed by atoms with van der Waals surface area (Å²) in [5, 5.41) is 4.61. The summed E-state index contributed by atoms with van der Waals surface area (Å²) in [7, 11) is 0. The van der Waals surface area contributed by atoms with E-state index >= 15 is 0 Å². The lowest BCUT2D eigenvalue weighted by molar-refractivity contribution is 0.148. The summed E-state index contributed by atoms with van der Waals surface area (Å²) in [5.74, 6) is 0.848. The largest absolute Gasteiger partial charge is 0.360 e. The van der Waals surface area contributed by atoms with Crippen LogP contribution >= 0.6 is 12.2 Å². The summed E-state index contributed by atoms with van der Waals surface area (Å²) in [6.07, 6.45) is 9.32. The van der Waals surface area contributed by atoms with Crippen molar-refractivity contribution in [1.82, 2.24) is 10.2 Å². The van der Waals surface area contributed by atoms with Gasteiger partial charge in [-0.25, -0.2) is 0 Å². The molecule has 1 aliphatic heterocycles. The second-order valence-corrected chi connectivity index (χ2v) is 7.80. The maximum Gasteiger partial charge on any atom is 0.169 e. The highest BCUT2D eigenvalue weighted by atomic mass is 32.1. The smallest absolute Gasteiger partial charge is 0.169 e. The Bertz CT molecular complexity index is 294. The summed E-state index contributed by atoms with van der Waals surface area (Å²) in [4.78, 5) is 2.40. The predicted octanol–water partition coefficient (Wildman–Crippen LogP) is 3.95. The highest BCUT2D eigenvalue weighted by Gasteiger charge is 2.29. The van der Waals surface area contributed by atoms with Crippen LogP contribution < -0.4 is 5.32 Å². The molecular weight excluding hydrogens is 252 g/mol. The zero-order valence-electron chi connectivity index (χ0n) is 12.9. The quantitative estimate of drug-likeness (QED) is 0.733. The fourth-order valence-electron chi connectivity index (χ4n) is 3.46. The third-order valence-corrected chi connectivity index (χ3v) is 5.32.